The van der Waals surface area contributed by atoms with Crippen LogP contribution in [0.5, 0.6) is 0 Å². The number of hydrogen-bond acceptors (Lipinski definition) is 1. The highest BCUT2D eigenvalue weighted by Crippen LogP contribution is 1.88. The van der Waals surface area contributed by atoms with Crippen molar-refractivity contribution in [3.05, 3.63) is 0 Å². The van der Waals surface area contributed by atoms with E-state index in [4.69, 9.17) is 0 Å². The lowest BCUT2D eigenvalue weighted by Crippen LogP contribution is -2.12. The first-order valence-corrected chi connectivity index (χ1v) is 1.99. The van der Waals surface area contributed by atoms with Crippen LogP contribution in [0.25, 0.3) is 0 Å². The third-order valence-corrected chi connectivity index (χ3v) is 0.783. The fourth-order valence-corrected chi connectivity index (χ4v) is 0. The van der Waals surface area contributed by atoms with Gasteiger partial charge in [0.1, 0.15) is 0 Å². The van der Waals surface area contributed by atoms with Crippen LogP contribution in [0.2, 0.25) is 0 Å². The zero-order valence-electron chi connectivity index (χ0n) is 3.80. The number of carbonyl (C=O) groups is 1. The Morgan fingerprint density at radius 3 is 1.83 bits per heavy atom. The summed E-state index contributed by atoms with van der Waals surface area (Å²) < 4.78 is 0. The molecule has 0 saturated carbocycles. The van der Waals surface area contributed by atoms with Crippen molar-refractivity contribution in [2.24, 2.45) is 0 Å². The Morgan fingerprint density at radius 2 is 1.83 bits per heavy atom. The monoisotopic (exact) mass is 103 g/mol. The molecule has 0 rings (SSSR count). The minimum absolute atomic E-state index is 0.213. The van der Waals surface area contributed by atoms with Gasteiger partial charge in [-0.1, -0.05) is 0 Å². The molecule has 0 aromatic carbocycles. The van der Waals surface area contributed by atoms with Gasteiger partial charge in [0.15, 0.2) is 0 Å². The van der Waals surface area contributed by atoms with E-state index in [9.17, 15) is 4.79 Å². The molecule has 2 nitrogen and oxygen atoms in total. The van der Waals surface area contributed by atoms with Gasteiger partial charge in [0.2, 0.25) is 0 Å². The third kappa shape index (κ3) is 2.16. The Bertz CT molecular complexity index is 61.8. The van der Waals surface area contributed by atoms with E-state index < -0.39 is 0 Å². The van der Waals surface area contributed by atoms with Gasteiger partial charge >= 0.3 is 0 Å². The molecule has 2 radical (unpaired) electrons. The SMILES string of the molecule is CN(C)C(=O)[P]. The van der Waals surface area contributed by atoms with Gasteiger partial charge in [0, 0.05) is 14.1 Å². The normalized spacial score (nSPS) is 7.83. The summed E-state index contributed by atoms with van der Waals surface area (Å²) in [6, 6.07) is 0. The Labute approximate surface area is 39.7 Å². The van der Waals surface area contributed by atoms with Crippen molar-refractivity contribution in [2.45, 2.75) is 0 Å². The number of rotatable bonds is 0. The molecule has 0 aromatic rings. The number of hydrogen-bond donors (Lipinski definition) is 0. The molecule has 0 saturated heterocycles. The first-order valence-electron chi connectivity index (χ1n) is 1.55. The van der Waals surface area contributed by atoms with Crippen molar-refractivity contribution >= 4 is 14.9 Å². The molecular weight excluding hydrogens is 97.0 g/mol. The Kier molecular flexibility index (Phi) is 2.11. The van der Waals surface area contributed by atoms with Crippen LogP contribution < -0.4 is 0 Å². The molecule has 0 aliphatic carbocycles. The summed E-state index contributed by atoms with van der Waals surface area (Å²) in [5, 5.41) is 0. The highest BCUT2D eigenvalue weighted by Gasteiger charge is 1.89. The topological polar surface area (TPSA) is 20.3 Å². The van der Waals surface area contributed by atoms with Gasteiger partial charge in [-0.3, -0.25) is 4.79 Å². The van der Waals surface area contributed by atoms with Crippen molar-refractivity contribution in [3.8, 4) is 0 Å². The fraction of sp³-hybridized carbons (Fsp3) is 0.667. The summed E-state index contributed by atoms with van der Waals surface area (Å²) >= 11 is 0. The lowest BCUT2D eigenvalue weighted by atomic mass is 11.0. The van der Waals surface area contributed by atoms with Gasteiger partial charge in [-0.05, 0) is 0 Å². The molecule has 0 aliphatic heterocycles. The van der Waals surface area contributed by atoms with Crippen LogP contribution in [-0.4, -0.2) is 24.6 Å². The fourth-order valence-electron chi connectivity index (χ4n) is 0. The first kappa shape index (κ1) is 5.90. The molecule has 0 spiro atoms. The molecule has 6 heavy (non-hydrogen) atoms. The lowest BCUT2D eigenvalue weighted by molar-refractivity contribution is 0.241. The average Bonchev–Trinajstić information content (AvgIpc) is 1.36. The van der Waals surface area contributed by atoms with Crippen LogP contribution in [-0.2, 0) is 0 Å². The lowest BCUT2D eigenvalue weighted by Gasteiger charge is -2.01. The van der Waals surface area contributed by atoms with Crippen molar-refractivity contribution in [2.75, 3.05) is 14.1 Å². The summed E-state index contributed by atoms with van der Waals surface area (Å²) in [7, 11) is 6.78. The van der Waals surface area contributed by atoms with E-state index in [1.165, 1.54) is 4.90 Å². The van der Waals surface area contributed by atoms with Gasteiger partial charge in [-0.25, -0.2) is 0 Å². The molecule has 0 aliphatic rings. The summed E-state index contributed by atoms with van der Waals surface area (Å²) in [6.45, 7) is 0. The highest BCUT2D eigenvalue weighted by molar-refractivity contribution is 7.39. The first-order chi connectivity index (χ1) is 2.64. The van der Waals surface area contributed by atoms with Gasteiger partial charge in [-0.2, -0.15) is 0 Å². The highest BCUT2D eigenvalue weighted by atomic mass is 31.0. The van der Waals surface area contributed by atoms with Crippen LogP contribution in [0.3, 0.4) is 0 Å². The Morgan fingerprint density at radius 1 is 1.67 bits per heavy atom. The molecule has 1 amide bonds. The van der Waals surface area contributed by atoms with E-state index >= 15 is 0 Å². The van der Waals surface area contributed by atoms with E-state index in [2.05, 4.69) is 9.24 Å². The van der Waals surface area contributed by atoms with E-state index in [-0.39, 0.29) is 5.65 Å². The summed E-state index contributed by atoms with van der Waals surface area (Å²) in [5.74, 6) is 0. The Balaban J connectivity index is 3.26. The number of carbonyl (C=O) groups excluding carboxylic acids is 1. The molecule has 0 unspecified atom stereocenters. The summed E-state index contributed by atoms with van der Waals surface area (Å²) in [4.78, 5) is 11.3. The minimum Gasteiger partial charge on any atom is -0.345 e. The molecule has 3 heteroatoms. The van der Waals surface area contributed by atoms with E-state index in [0.29, 0.717) is 0 Å². The molecule has 0 heterocycles. The molecule has 0 bridgehead atoms. The zero-order chi connectivity index (χ0) is 5.15. The van der Waals surface area contributed by atoms with Crippen molar-refractivity contribution < 1.29 is 4.79 Å². The number of nitrogens with zero attached hydrogens (tertiary/aromatic N) is 1. The Hall–Kier alpha value is -0.100. The van der Waals surface area contributed by atoms with Gasteiger partial charge < -0.3 is 4.90 Å². The number of amides is 1. The van der Waals surface area contributed by atoms with Gasteiger partial charge in [0.05, 0.1) is 9.24 Å². The molecule has 0 fully saturated rings. The molecule has 34 valence electrons. The van der Waals surface area contributed by atoms with Crippen molar-refractivity contribution in [1.82, 2.24) is 4.90 Å². The van der Waals surface area contributed by atoms with Crippen molar-refractivity contribution in [1.29, 1.82) is 0 Å². The average molecular weight is 103 g/mol. The minimum atomic E-state index is -0.213. The predicted molar refractivity (Wildman–Crippen MR) is 26.0 cm³/mol. The van der Waals surface area contributed by atoms with Crippen LogP contribution in [0, 0.1) is 0 Å². The molecular formula is C3H6NOP. The smallest absolute Gasteiger partial charge is 0.253 e. The standard InChI is InChI=1S/C3H6NOP/c1-4(2)3(5)6/h1-2H3. The van der Waals surface area contributed by atoms with E-state index in [1.54, 1.807) is 14.1 Å². The zero-order valence-corrected chi connectivity index (χ0v) is 4.70. The molecule has 0 atom stereocenters. The van der Waals surface area contributed by atoms with Gasteiger partial charge in [0.25, 0.3) is 5.65 Å². The molecule has 0 aromatic heterocycles. The second-order valence-electron chi connectivity index (χ2n) is 1.18. The van der Waals surface area contributed by atoms with Crippen LogP contribution in [0.15, 0.2) is 0 Å². The second-order valence-corrected chi connectivity index (χ2v) is 1.56. The quantitative estimate of drug-likeness (QED) is 0.420. The molecule has 0 N–H and O–H groups in total. The van der Waals surface area contributed by atoms with Crippen LogP contribution in [0.4, 0.5) is 4.79 Å². The summed E-state index contributed by atoms with van der Waals surface area (Å²) in [6.07, 6.45) is 0. The maximum absolute atomic E-state index is 9.93. The summed E-state index contributed by atoms with van der Waals surface area (Å²) in [5.41, 5.74) is -0.213. The second kappa shape index (κ2) is 2.14. The largest absolute Gasteiger partial charge is 0.345 e. The predicted octanol–water partition coefficient (Wildman–Crippen LogP) is 1.08. The van der Waals surface area contributed by atoms with Crippen LogP contribution in [0.1, 0.15) is 0 Å². The maximum atomic E-state index is 9.93. The van der Waals surface area contributed by atoms with Crippen LogP contribution >= 0.6 is 9.24 Å². The van der Waals surface area contributed by atoms with E-state index in [1.807, 2.05) is 0 Å². The van der Waals surface area contributed by atoms with E-state index in [0.717, 1.165) is 0 Å². The van der Waals surface area contributed by atoms with Crippen molar-refractivity contribution in [3.63, 3.8) is 0 Å². The third-order valence-electron chi connectivity index (χ3n) is 0.383. The van der Waals surface area contributed by atoms with Gasteiger partial charge in [-0.15, -0.1) is 0 Å². The maximum Gasteiger partial charge on any atom is 0.253 e.